The van der Waals surface area contributed by atoms with Gasteiger partial charge in [0.2, 0.25) is 0 Å². The van der Waals surface area contributed by atoms with Gasteiger partial charge in [-0.15, -0.1) is 0 Å². The van der Waals surface area contributed by atoms with Crippen molar-refractivity contribution in [3.05, 3.63) is 26.8 Å². The average Bonchev–Trinajstić information content (AvgIpc) is 2.09. The maximum Gasteiger partial charge on any atom is 0.192 e. The fourth-order valence-electron chi connectivity index (χ4n) is 0.785. The number of halogens is 2. The highest BCUT2D eigenvalue weighted by Crippen LogP contribution is 2.21. The Kier molecular flexibility index (Phi) is 3.80. The minimum Gasteiger partial charge on any atom is -0.370 e. The third kappa shape index (κ3) is 3.04. The van der Waals surface area contributed by atoms with Gasteiger partial charge < -0.3 is 11.1 Å². The van der Waals surface area contributed by atoms with E-state index in [-0.39, 0.29) is 0 Å². The van der Waals surface area contributed by atoms with Crippen LogP contribution in [0.2, 0.25) is 5.02 Å². The van der Waals surface area contributed by atoms with Crippen LogP contribution in [0.25, 0.3) is 0 Å². The van der Waals surface area contributed by atoms with Crippen molar-refractivity contribution >= 4 is 45.8 Å². The quantitative estimate of drug-likeness (QED) is 0.475. The first-order valence-electron chi connectivity index (χ1n) is 3.58. The summed E-state index contributed by atoms with van der Waals surface area (Å²) >= 11 is 7.97. The number of benzene rings is 1. The van der Waals surface area contributed by atoms with Crippen LogP contribution in [-0.4, -0.2) is 13.0 Å². The van der Waals surface area contributed by atoms with E-state index < -0.39 is 0 Å². The van der Waals surface area contributed by atoms with Gasteiger partial charge in [-0.3, -0.25) is 4.99 Å². The Bertz CT molecular complexity index is 338. The lowest BCUT2D eigenvalue weighted by Gasteiger charge is -2.06. The average molecular weight is 310 g/mol. The molecule has 0 aliphatic carbocycles. The zero-order chi connectivity index (χ0) is 9.84. The maximum absolute atomic E-state index is 5.79. The summed E-state index contributed by atoms with van der Waals surface area (Å²) in [5, 5.41) is 3.66. The maximum atomic E-state index is 5.79. The molecular formula is C8H9ClIN3. The first-order chi connectivity index (χ1) is 6.13. The third-order valence-electron chi connectivity index (χ3n) is 1.43. The molecule has 0 amide bonds. The molecule has 1 aromatic carbocycles. The summed E-state index contributed by atoms with van der Waals surface area (Å²) in [5.74, 6) is 0.389. The lowest BCUT2D eigenvalue weighted by Crippen LogP contribution is -2.22. The Morgan fingerprint density at radius 1 is 1.62 bits per heavy atom. The van der Waals surface area contributed by atoms with Gasteiger partial charge in [0, 0.05) is 15.6 Å². The number of guanidine groups is 1. The number of aliphatic imine (C=N–C) groups is 1. The first kappa shape index (κ1) is 10.6. The van der Waals surface area contributed by atoms with Crippen LogP contribution in [0, 0.1) is 3.57 Å². The van der Waals surface area contributed by atoms with Crippen LogP contribution in [0.3, 0.4) is 0 Å². The molecule has 3 nitrogen and oxygen atoms in total. The van der Waals surface area contributed by atoms with E-state index in [2.05, 4.69) is 32.9 Å². The Balaban J connectivity index is 2.90. The predicted octanol–water partition coefficient (Wildman–Crippen LogP) is 2.30. The largest absolute Gasteiger partial charge is 0.370 e. The molecule has 1 rings (SSSR count). The van der Waals surface area contributed by atoms with Gasteiger partial charge in [0.05, 0.1) is 5.69 Å². The second-order valence-corrected chi connectivity index (χ2v) is 3.96. The number of hydrogen-bond acceptors (Lipinski definition) is 1. The van der Waals surface area contributed by atoms with Gasteiger partial charge in [0.1, 0.15) is 0 Å². The molecule has 13 heavy (non-hydrogen) atoms. The van der Waals surface area contributed by atoms with Gasteiger partial charge >= 0.3 is 0 Å². The number of nitrogens with two attached hydrogens (primary N) is 1. The van der Waals surface area contributed by atoms with Crippen LogP contribution in [0.4, 0.5) is 5.69 Å². The summed E-state index contributed by atoms with van der Waals surface area (Å²) < 4.78 is 1.01. The molecule has 0 bridgehead atoms. The van der Waals surface area contributed by atoms with Crippen molar-refractivity contribution in [2.75, 3.05) is 12.4 Å². The van der Waals surface area contributed by atoms with Gasteiger partial charge in [-0.2, -0.15) is 0 Å². The van der Waals surface area contributed by atoms with Gasteiger partial charge in [0.25, 0.3) is 0 Å². The first-order valence-corrected chi connectivity index (χ1v) is 5.03. The fraction of sp³-hybridized carbons (Fsp3) is 0.125. The SMILES string of the molecule is CN=C(N)Nc1ccc(Cl)cc1I. The molecule has 0 spiro atoms. The molecule has 0 radical (unpaired) electrons. The molecule has 0 saturated carbocycles. The molecule has 0 aromatic heterocycles. The molecule has 0 heterocycles. The summed E-state index contributed by atoms with van der Waals surface area (Å²) in [6, 6.07) is 5.52. The molecule has 0 unspecified atom stereocenters. The topological polar surface area (TPSA) is 50.4 Å². The van der Waals surface area contributed by atoms with E-state index in [1.54, 1.807) is 13.1 Å². The van der Waals surface area contributed by atoms with Crippen LogP contribution >= 0.6 is 34.2 Å². The van der Waals surface area contributed by atoms with Gasteiger partial charge in [-0.25, -0.2) is 0 Å². The zero-order valence-corrected chi connectivity index (χ0v) is 9.93. The Morgan fingerprint density at radius 3 is 2.85 bits per heavy atom. The highest BCUT2D eigenvalue weighted by molar-refractivity contribution is 14.1. The smallest absolute Gasteiger partial charge is 0.192 e. The highest BCUT2D eigenvalue weighted by atomic mass is 127. The van der Waals surface area contributed by atoms with E-state index in [4.69, 9.17) is 17.3 Å². The molecule has 0 fully saturated rings. The highest BCUT2D eigenvalue weighted by Gasteiger charge is 2.00. The van der Waals surface area contributed by atoms with E-state index in [1.165, 1.54) is 0 Å². The molecule has 70 valence electrons. The number of hydrogen-bond donors (Lipinski definition) is 2. The lowest BCUT2D eigenvalue weighted by atomic mass is 10.3. The number of rotatable bonds is 1. The van der Waals surface area contributed by atoms with Gasteiger partial charge in [0.15, 0.2) is 5.96 Å². The van der Waals surface area contributed by atoms with E-state index >= 15 is 0 Å². The molecule has 0 aliphatic rings. The normalized spacial score (nSPS) is 11.5. The molecule has 0 atom stereocenters. The Labute approximate surface area is 95.5 Å². The van der Waals surface area contributed by atoms with E-state index in [1.807, 2.05) is 12.1 Å². The molecule has 5 heteroatoms. The molecule has 0 saturated heterocycles. The predicted molar refractivity (Wildman–Crippen MR) is 65.3 cm³/mol. The van der Waals surface area contributed by atoms with Crippen molar-refractivity contribution in [3.8, 4) is 0 Å². The molecule has 0 aliphatic heterocycles. The van der Waals surface area contributed by atoms with E-state index in [0.29, 0.717) is 11.0 Å². The van der Waals surface area contributed by atoms with Crippen molar-refractivity contribution in [2.24, 2.45) is 10.7 Å². The van der Waals surface area contributed by atoms with Crippen molar-refractivity contribution in [2.45, 2.75) is 0 Å². The Morgan fingerprint density at radius 2 is 2.31 bits per heavy atom. The van der Waals surface area contributed by atoms with Gasteiger partial charge in [-0.1, -0.05) is 11.6 Å². The number of nitrogens with one attached hydrogen (secondary N) is 1. The lowest BCUT2D eigenvalue weighted by molar-refractivity contribution is 1.38. The fourth-order valence-corrected chi connectivity index (χ4v) is 1.79. The van der Waals surface area contributed by atoms with Crippen LogP contribution in [-0.2, 0) is 0 Å². The monoisotopic (exact) mass is 309 g/mol. The zero-order valence-electron chi connectivity index (χ0n) is 7.01. The summed E-state index contributed by atoms with van der Waals surface area (Å²) in [6.45, 7) is 0. The number of anilines is 1. The van der Waals surface area contributed by atoms with Crippen LogP contribution in [0.5, 0.6) is 0 Å². The van der Waals surface area contributed by atoms with Crippen molar-refractivity contribution < 1.29 is 0 Å². The number of nitrogens with zero attached hydrogens (tertiary/aromatic N) is 1. The van der Waals surface area contributed by atoms with E-state index in [0.717, 1.165) is 9.26 Å². The minimum atomic E-state index is 0.389. The van der Waals surface area contributed by atoms with Crippen molar-refractivity contribution in [3.63, 3.8) is 0 Å². The molecular weight excluding hydrogens is 300 g/mol. The Hall–Kier alpha value is -0.490. The summed E-state index contributed by atoms with van der Waals surface area (Å²) in [4.78, 5) is 3.79. The van der Waals surface area contributed by atoms with E-state index in [9.17, 15) is 0 Å². The van der Waals surface area contributed by atoms with Gasteiger partial charge in [-0.05, 0) is 40.8 Å². The summed E-state index contributed by atoms with van der Waals surface area (Å²) in [6.07, 6.45) is 0. The molecule has 1 aromatic rings. The van der Waals surface area contributed by atoms with Crippen molar-refractivity contribution in [1.82, 2.24) is 0 Å². The third-order valence-corrected chi connectivity index (χ3v) is 2.56. The second kappa shape index (κ2) is 4.66. The second-order valence-electron chi connectivity index (χ2n) is 2.36. The summed E-state index contributed by atoms with van der Waals surface area (Å²) in [5.41, 5.74) is 6.42. The van der Waals surface area contributed by atoms with Crippen LogP contribution in [0.15, 0.2) is 23.2 Å². The summed E-state index contributed by atoms with van der Waals surface area (Å²) in [7, 11) is 1.63. The minimum absolute atomic E-state index is 0.389. The standard InChI is InChI=1S/C8H9ClIN3/c1-12-8(11)13-7-3-2-5(9)4-6(7)10/h2-4H,1H3,(H3,11,12,13). The van der Waals surface area contributed by atoms with Crippen LogP contribution in [0.1, 0.15) is 0 Å². The molecule has 3 N–H and O–H groups in total. The van der Waals surface area contributed by atoms with Crippen molar-refractivity contribution in [1.29, 1.82) is 0 Å². The van der Waals surface area contributed by atoms with Crippen LogP contribution < -0.4 is 11.1 Å².